The normalized spacial score (nSPS) is 10.7. The van der Waals surface area contributed by atoms with Crippen molar-refractivity contribution in [1.29, 1.82) is 0 Å². The Kier molecular flexibility index (Phi) is 3.06. The fourth-order valence-electron chi connectivity index (χ4n) is 2.52. The van der Waals surface area contributed by atoms with Crippen LogP contribution in [0.25, 0.3) is 22.0 Å². The lowest BCUT2D eigenvalue weighted by Gasteiger charge is -2.04. The molecule has 3 aromatic rings. The van der Waals surface area contributed by atoms with Gasteiger partial charge in [-0.1, -0.05) is 30.3 Å². The van der Waals surface area contributed by atoms with Gasteiger partial charge in [-0.2, -0.15) is 4.73 Å². The van der Waals surface area contributed by atoms with Crippen molar-refractivity contribution < 1.29 is 25.0 Å². The molecule has 0 atom stereocenters. The summed E-state index contributed by atoms with van der Waals surface area (Å²) >= 11 is 0. The Morgan fingerprint density at radius 3 is 2.32 bits per heavy atom. The van der Waals surface area contributed by atoms with Crippen molar-refractivity contribution in [2.45, 2.75) is 0 Å². The second kappa shape index (κ2) is 4.92. The molecule has 0 amide bonds. The van der Waals surface area contributed by atoms with Crippen LogP contribution >= 0.6 is 0 Å². The van der Waals surface area contributed by atoms with Crippen LogP contribution in [0.1, 0.15) is 20.8 Å². The first kappa shape index (κ1) is 13.7. The van der Waals surface area contributed by atoms with Crippen LogP contribution < -0.4 is 0 Å². The average molecular weight is 297 g/mol. The molecule has 3 N–H and O–H groups in total. The van der Waals surface area contributed by atoms with Crippen molar-refractivity contribution in [1.82, 2.24) is 4.73 Å². The van der Waals surface area contributed by atoms with E-state index in [4.69, 9.17) is 5.11 Å². The Balaban J connectivity index is 2.39. The van der Waals surface area contributed by atoms with Crippen LogP contribution in [0.5, 0.6) is 0 Å². The molecule has 0 aliphatic carbocycles. The summed E-state index contributed by atoms with van der Waals surface area (Å²) < 4.78 is 0.612. The average Bonchev–Trinajstić information content (AvgIpc) is 2.81. The van der Waals surface area contributed by atoms with E-state index in [0.717, 1.165) is 0 Å². The predicted octanol–water partition coefficient (Wildman–Crippen LogP) is 2.94. The number of fused-ring (bicyclic) bond motifs is 1. The van der Waals surface area contributed by atoms with Gasteiger partial charge in [0.05, 0.1) is 11.1 Å². The van der Waals surface area contributed by atoms with Crippen molar-refractivity contribution in [2.75, 3.05) is 0 Å². The maximum absolute atomic E-state index is 11.5. The molecule has 0 saturated carbocycles. The first-order chi connectivity index (χ1) is 10.5. The fraction of sp³-hybridized carbons (Fsp3) is 0. The third-order valence-corrected chi connectivity index (χ3v) is 3.45. The van der Waals surface area contributed by atoms with Crippen molar-refractivity contribution in [3.05, 3.63) is 59.8 Å². The maximum Gasteiger partial charge on any atom is 0.356 e. The number of para-hydroxylation sites is 1. The van der Waals surface area contributed by atoms with Crippen LogP contribution in [-0.2, 0) is 0 Å². The highest BCUT2D eigenvalue weighted by molar-refractivity contribution is 6.08. The highest BCUT2D eigenvalue weighted by Crippen LogP contribution is 2.34. The zero-order valence-electron chi connectivity index (χ0n) is 11.2. The van der Waals surface area contributed by atoms with Gasteiger partial charge in [0.15, 0.2) is 5.69 Å². The number of carbonyl (C=O) groups is 2. The number of aromatic nitrogens is 1. The number of carboxylic acids is 2. The van der Waals surface area contributed by atoms with E-state index in [-0.39, 0.29) is 16.8 Å². The second-order valence-corrected chi connectivity index (χ2v) is 4.74. The monoisotopic (exact) mass is 297 g/mol. The van der Waals surface area contributed by atoms with Gasteiger partial charge in [0, 0.05) is 10.9 Å². The minimum absolute atomic E-state index is 0.0450. The van der Waals surface area contributed by atoms with E-state index in [0.29, 0.717) is 21.2 Å². The lowest BCUT2D eigenvalue weighted by atomic mass is 10.00. The lowest BCUT2D eigenvalue weighted by molar-refractivity contribution is 0.0648. The summed E-state index contributed by atoms with van der Waals surface area (Å²) in [6, 6.07) is 12.6. The minimum Gasteiger partial charge on any atom is -0.478 e. The quantitative estimate of drug-likeness (QED) is 0.645. The van der Waals surface area contributed by atoms with Gasteiger partial charge in [0.1, 0.15) is 0 Å². The summed E-state index contributed by atoms with van der Waals surface area (Å²) in [6.07, 6.45) is 0. The molecule has 0 fully saturated rings. The third-order valence-electron chi connectivity index (χ3n) is 3.45. The maximum atomic E-state index is 11.5. The number of carboxylic acid groups (broad SMARTS) is 2. The number of benzene rings is 2. The number of hydrogen-bond donors (Lipinski definition) is 3. The summed E-state index contributed by atoms with van der Waals surface area (Å²) in [7, 11) is 0. The summed E-state index contributed by atoms with van der Waals surface area (Å²) in [5.41, 5.74) is 0.790. The van der Waals surface area contributed by atoms with Gasteiger partial charge in [-0.25, -0.2) is 9.59 Å². The second-order valence-electron chi connectivity index (χ2n) is 4.74. The summed E-state index contributed by atoms with van der Waals surface area (Å²) in [5, 5.41) is 29.1. The Hall–Kier alpha value is -3.28. The molecule has 0 aliphatic heterocycles. The standard InChI is InChI=1S/C16H11NO5/c18-15(19)10-5-3-4-9(8-10)13-11-6-1-2-7-12(11)17(22)14(13)16(20)21/h1-8,22H,(H,18,19)(H,20,21). The van der Waals surface area contributed by atoms with Crippen molar-refractivity contribution in [3.8, 4) is 11.1 Å². The van der Waals surface area contributed by atoms with Crippen LogP contribution in [0.15, 0.2) is 48.5 Å². The van der Waals surface area contributed by atoms with E-state index in [1.807, 2.05) is 0 Å². The first-order valence-corrected chi connectivity index (χ1v) is 6.40. The molecular formula is C16H11NO5. The zero-order valence-corrected chi connectivity index (χ0v) is 11.2. The molecular weight excluding hydrogens is 286 g/mol. The van der Waals surface area contributed by atoms with Crippen molar-refractivity contribution in [2.24, 2.45) is 0 Å². The van der Waals surface area contributed by atoms with Gasteiger partial charge < -0.3 is 15.4 Å². The number of rotatable bonds is 3. The largest absolute Gasteiger partial charge is 0.478 e. The summed E-state index contributed by atoms with van der Waals surface area (Å²) in [4.78, 5) is 22.6. The molecule has 0 spiro atoms. The molecule has 0 unspecified atom stereocenters. The number of nitrogens with zero attached hydrogens (tertiary/aromatic N) is 1. The zero-order chi connectivity index (χ0) is 15.9. The van der Waals surface area contributed by atoms with E-state index in [2.05, 4.69) is 0 Å². The summed E-state index contributed by atoms with van der Waals surface area (Å²) in [5.74, 6) is -2.40. The lowest BCUT2D eigenvalue weighted by Crippen LogP contribution is -2.06. The van der Waals surface area contributed by atoms with Gasteiger partial charge in [0.2, 0.25) is 0 Å². The van der Waals surface area contributed by atoms with Crippen LogP contribution in [0.2, 0.25) is 0 Å². The Morgan fingerprint density at radius 2 is 1.64 bits per heavy atom. The molecule has 1 aromatic heterocycles. The first-order valence-electron chi connectivity index (χ1n) is 6.40. The van der Waals surface area contributed by atoms with Gasteiger partial charge in [0.25, 0.3) is 0 Å². The van der Waals surface area contributed by atoms with E-state index < -0.39 is 11.9 Å². The van der Waals surface area contributed by atoms with Gasteiger partial charge >= 0.3 is 11.9 Å². The third kappa shape index (κ3) is 1.98. The highest BCUT2D eigenvalue weighted by atomic mass is 16.5. The van der Waals surface area contributed by atoms with Crippen LogP contribution in [0, 0.1) is 0 Å². The topological polar surface area (TPSA) is 99.8 Å². The van der Waals surface area contributed by atoms with Gasteiger partial charge in [-0.15, -0.1) is 0 Å². The smallest absolute Gasteiger partial charge is 0.356 e. The van der Waals surface area contributed by atoms with Gasteiger partial charge in [-0.05, 0) is 23.8 Å². The Bertz CT molecular complexity index is 910. The van der Waals surface area contributed by atoms with Gasteiger partial charge in [-0.3, -0.25) is 0 Å². The Labute approximate surface area is 124 Å². The predicted molar refractivity (Wildman–Crippen MR) is 78.5 cm³/mol. The Morgan fingerprint density at radius 1 is 0.909 bits per heavy atom. The van der Waals surface area contributed by atoms with Crippen LogP contribution in [0.4, 0.5) is 0 Å². The van der Waals surface area contributed by atoms with Crippen molar-refractivity contribution in [3.63, 3.8) is 0 Å². The van der Waals surface area contributed by atoms with Crippen LogP contribution in [-0.4, -0.2) is 32.1 Å². The van der Waals surface area contributed by atoms with Crippen molar-refractivity contribution >= 4 is 22.8 Å². The minimum atomic E-state index is -1.30. The molecule has 22 heavy (non-hydrogen) atoms. The van der Waals surface area contributed by atoms with E-state index in [9.17, 15) is 19.9 Å². The molecule has 6 nitrogen and oxygen atoms in total. The summed E-state index contributed by atoms with van der Waals surface area (Å²) in [6.45, 7) is 0. The molecule has 110 valence electrons. The molecule has 3 rings (SSSR count). The SMILES string of the molecule is O=C(O)c1cccc(-c2c(C(=O)O)n(O)c3ccccc23)c1. The van der Waals surface area contributed by atoms with E-state index >= 15 is 0 Å². The highest BCUT2D eigenvalue weighted by Gasteiger charge is 2.23. The molecule has 0 radical (unpaired) electrons. The van der Waals surface area contributed by atoms with Crippen LogP contribution in [0.3, 0.4) is 0 Å². The van der Waals surface area contributed by atoms with E-state index in [1.165, 1.54) is 18.2 Å². The number of aromatic carboxylic acids is 2. The molecule has 2 aromatic carbocycles. The molecule has 0 saturated heterocycles. The fourth-order valence-corrected chi connectivity index (χ4v) is 2.52. The molecule has 6 heteroatoms. The molecule has 1 heterocycles. The van der Waals surface area contributed by atoms with E-state index in [1.54, 1.807) is 30.3 Å². The molecule has 0 aliphatic rings. The number of hydrogen-bond acceptors (Lipinski definition) is 3. The molecule has 0 bridgehead atoms.